The third-order valence-electron chi connectivity index (χ3n) is 4.38. The number of nitrogens with zero attached hydrogens (tertiary/aromatic N) is 3. The normalized spacial score (nSPS) is 17.0. The Hall–Kier alpha value is -2.26. The summed E-state index contributed by atoms with van der Waals surface area (Å²) in [4.78, 5) is 29.8. The minimum Gasteiger partial charge on any atom is -0.496 e. The van der Waals surface area contributed by atoms with Gasteiger partial charge >= 0.3 is 0 Å². The summed E-state index contributed by atoms with van der Waals surface area (Å²) in [6.07, 6.45) is 1.52. The van der Waals surface area contributed by atoms with Crippen molar-refractivity contribution in [1.82, 2.24) is 20.1 Å². The van der Waals surface area contributed by atoms with Gasteiger partial charge in [-0.2, -0.15) is 0 Å². The van der Waals surface area contributed by atoms with Gasteiger partial charge in [0.05, 0.1) is 24.3 Å². The Kier molecular flexibility index (Phi) is 6.22. The number of hydrogen-bond acceptors (Lipinski definition) is 6. The predicted molar refractivity (Wildman–Crippen MR) is 103 cm³/mol. The number of likely N-dealkylation sites (tertiary alicyclic amines) is 1. The van der Waals surface area contributed by atoms with Crippen molar-refractivity contribution in [2.45, 2.75) is 18.0 Å². The van der Waals surface area contributed by atoms with Gasteiger partial charge in [-0.1, -0.05) is 23.4 Å². The maximum absolute atomic E-state index is 12.4. The van der Waals surface area contributed by atoms with Crippen molar-refractivity contribution < 1.29 is 14.3 Å². The van der Waals surface area contributed by atoms with Crippen LogP contribution >= 0.6 is 23.4 Å². The molecule has 0 aliphatic carbocycles. The summed E-state index contributed by atoms with van der Waals surface area (Å²) in [6.45, 7) is 1.02. The number of nitrogens with two attached hydrogens (primary N) is 1. The van der Waals surface area contributed by atoms with Gasteiger partial charge in [0.15, 0.2) is 5.82 Å². The van der Waals surface area contributed by atoms with E-state index < -0.39 is 0 Å². The van der Waals surface area contributed by atoms with E-state index in [1.807, 2.05) is 0 Å². The lowest BCUT2D eigenvalue weighted by atomic mass is 9.97. The molecule has 0 unspecified atom stereocenters. The average Bonchev–Trinajstić information content (AvgIpc) is 3.15. The maximum atomic E-state index is 12.4. The number of aromatic nitrogens is 3. The molecular formula is C17H20ClN5O3S. The van der Waals surface area contributed by atoms with Crippen molar-refractivity contribution in [3.63, 3.8) is 0 Å². The number of thioether (sulfide) groups is 1. The number of benzene rings is 1. The lowest BCUT2D eigenvalue weighted by molar-refractivity contribution is -0.132. The number of amides is 2. The van der Waals surface area contributed by atoms with E-state index in [0.717, 1.165) is 12.8 Å². The van der Waals surface area contributed by atoms with Crippen LogP contribution in [0.5, 0.6) is 5.75 Å². The first-order valence-electron chi connectivity index (χ1n) is 8.44. The van der Waals surface area contributed by atoms with Crippen LogP contribution in [0.4, 0.5) is 0 Å². The van der Waals surface area contributed by atoms with Crippen molar-refractivity contribution in [3.8, 4) is 17.1 Å². The molecule has 1 fully saturated rings. The van der Waals surface area contributed by atoms with Crippen molar-refractivity contribution in [3.05, 3.63) is 23.2 Å². The van der Waals surface area contributed by atoms with Crippen LogP contribution in [0.15, 0.2) is 23.4 Å². The standard InChI is InChI=1S/C17H20ClN5O3S/c1-26-13-5-4-11(18)7-12(13)16-20-17(22-21-16)27-9-14(24)23-6-2-3-10(8-23)15(19)25/h4-5,7,10H,2-3,6,8-9H2,1H3,(H2,19,25)(H,20,21,22)/t10-/m0/s1. The van der Waals surface area contributed by atoms with Gasteiger partial charge in [0, 0.05) is 18.1 Å². The van der Waals surface area contributed by atoms with E-state index in [-0.39, 0.29) is 23.5 Å². The molecule has 27 heavy (non-hydrogen) atoms. The number of rotatable bonds is 6. The Balaban J connectivity index is 1.62. The second-order valence-corrected chi connectivity index (χ2v) is 7.56. The van der Waals surface area contributed by atoms with Crippen LogP contribution in [0, 0.1) is 5.92 Å². The van der Waals surface area contributed by atoms with Gasteiger partial charge in [-0.15, -0.1) is 5.10 Å². The van der Waals surface area contributed by atoms with Gasteiger partial charge in [-0.05, 0) is 31.0 Å². The fourth-order valence-corrected chi connectivity index (χ4v) is 3.82. The first-order chi connectivity index (χ1) is 13.0. The molecule has 2 heterocycles. The number of H-pyrrole nitrogens is 1. The van der Waals surface area contributed by atoms with Gasteiger partial charge in [0.25, 0.3) is 0 Å². The Morgan fingerprint density at radius 2 is 2.30 bits per heavy atom. The highest BCUT2D eigenvalue weighted by atomic mass is 35.5. The van der Waals surface area contributed by atoms with E-state index in [1.54, 1.807) is 30.2 Å². The van der Waals surface area contributed by atoms with E-state index >= 15 is 0 Å². The molecule has 2 aromatic rings. The highest BCUT2D eigenvalue weighted by Crippen LogP contribution is 2.31. The third-order valence-corrected chi connectivity index (χ3v) is 5.45. The molecule has 10 heteroatoms. The summed E-state index contributed by atoms with van der Waals surface area (Å²) < 4.78 is 5.32. The number of primary amides is 1. The lowest BCUT2D eigenvalue weighted by Gasteiger charge is -2.31. The Morgan fingerprint density at radius 1 is 1.48 bits per heavy atom. The number of nitrogens with one attached hydrogen (secondary N) is 1. The Labute approximate surface area is 165 Å². The van der Waals surface area contributed by atoms with Crippen LogP contribution in [0.2, 0.25) is 5.02 Å². The molecule has 8 nitrogen and oxygen atoms in total. The van der Waals surface area contributed by atoms with Crippen molar-refractivity contribution in [2.24, 2.45) is 11.7 Å². The van der Waals surface area contributed by atoms with Gasteiger partial charge in [-0.25, -0.2) is 4.98 Å². The molecule has 0 bridgehead atoms. The first-order valence-corrected chi connectivity index (χ1v) is 9.80. The largest absolute Gasteiger partial charge is 0.496 e. The summed E-state index contributed by atoms with van der Waals surface area (Å²) in [5.74, 6) is 0.644. The van der Waals surface area contributed by atoms with Crippen LogP contribution in [0.1, 0.15) is 12.8 Å². The SMILES string of the molecule is COc1ccc(Cl)cc1-c1nc(SCC(=O)N2CCC[C@H](C(N)=O)C2)n[nH]1. The molecule has 2 amide bonds. The first kappa shape index (κ1) is 19.5. The molecule has 1 aliphatic rings. The molecule has 1 atom stereocenters. The molecule has 0 radical (unpaired) electrons. The van der Waals surface area contributed by atoms with Crippen LogP contribution in [-0.4, -0.2) is 57.8 Å². The molecular weight excluding hydrogens is 390 g/mol. The minimum atomic E-state index is -0.353. The topological polar surface area (TPSA) is 114 Å². The number of halogens is 1. The van der Waals surface area contributed by atoms with E-state index in [4.69, 9.17) is 22.1 Å². The van der Waals surface area contributed by atoms with E-state index in [0.29, 0.717) is 40.4 Å². The zero-order chi connectivity index (χ0) is 19.4. The maximum Gasteiger partial charge on any atom is 0.233 e. The number of carbonyl (C=O) groups is 2. The number of hydrogen-bond donors (Lipinski definition) is 2. The fraction of sp³-hybridized carbons (Fsp3) is 0.412. The average molecular weight is 410 g/mol. The van der Waals surface area contributed by atoms with E-state index in [1.165, 1.54) is 11.8 Å². The second-order valence-electron chi connectivity index (χ2n) is 6.18. The van der Waals surface area contributed by atoms with Gasteiger partial charge < -0.3 is 15.4 Å². The van der Waals surface area contributed by atoms with Crippen LogP contribution in [0.25, 0.3) is 11.4 Å². The van der Waals surface area contributed by atoms with E-state index in [2.05, 4.69) is 15.2 Å². The molecule has 1 aromatic carbocycles. The Bertz CT molecular complexity index is 844. The zero-order valence-electron chi connectivity index (χ0n) is 14.8. The quantitative estimate of drug-likeness (QED) is 0.705. The van der Waals surface area contributed by atoms with Crippen LogP contribution < -0.4 is 10.5 Å². The Morgan fingerprint density at radius 3 is 3.04 bits per heavy atom. The summed E-state index contributed by atoms with van der Waals surface area (Å²) in [7, 11) is 1.56. The van der Waals surface area contributed by atoms with Gasteiger partial charge in [-0.3, -0.25) is 14.7 Å². The predicted octanol–water partition coefficient (Wildman–Crippen LogP) is 1.95. The highest BCUT2D eigenvalue weighted by molar-refractivity contribution is 7.99. The number of carbonyl (C=O) groups excluding carboxylic acids is 2. The fourth-order valence-electron chi connectivity index (χ4n) is 2.95. The van der Waals surface area contributed by atoms with Crippen molar-refractivity contribution in [1.29, 1.82) is 0 Å². The lowest BCUT2D eigenvalue weighted by Crippen LogP contribution is -2.44. The van der Waals surface area contributed by atoms with Gasteiger partial charge in [0.2, 0.25) is 17.0 Å². The number of aromatic amines is 1. The molecule has 1 saturated heterocycles. The molecule has 3 N–H and O–H groups in total. The second kappa shape index (κ2) is 8.62. The molecule has 3 rings (SSSR count). The highest BCUT2D eigenvalue weighted by Gasteiger charge is 2.27. The molecule has 0 spiro atoms. The molecule has 0 saturated carbocycles. The summed E-state index contributed by atoms with van der Waals surface area (Å²) in [5, 5.41) is 7.99. The number of ether oxygens (including phenoxy) is 1. The van der Waals surface area contributed by atoms with Crippen LogP contribution in [0.3, 0.4) is 0 Å². The van der Waals surface area contributed by atoms with Crippen molar-refractivity contribution in [2.75, 3.05) is 26.0 Å². The smallest absolute Gasteiger partial charge is 0.233 e. The van der Waals surface area contributed by atoms with E-state index in [9.17, 15) is 9.59 Å². The zero-order valence-corrected chi connectivity index (χ0v) is 16.3. The monoisotopic (exact) mass is 409 g/mol. The summed E-state index contributed by atoms with van der Waals surface area (Å²) >= 11 is 7.28. The number of methoxy groups -OCH3 is 1. The van der Waals surface area contributed by atoms with Crippen molar-refractivity contribution >= 4 is 35.2 Å². The van der Waals surface area contributed by atoms with Gasteiger partial charge in [0.1, 0.15) is 5.75 Å². The molecule has 144 valence electrons. The summed E-state index contributed by atoms with van der Waals surface area (Å²) in [5.41, 5.74) is 6.05. The minimum absolute atomic E-state index is 0.0577. The molecule has 1 aliphatic heterocycles. The van der Waals surface area contributed by atoms with Crippen LogP contribution in [-0.2, 0) is 9.59 Å². The third kappa shape index (κ3) is 4.72. The molecule has 1 aromatic heterocycles. The summed E-state index contributed by atoms with van der Waals surface area (Å²) in [6, 6.07) is 5.22. The number of piperidine rings is 1.